The Labute approximate surface area is 163 Å². The van der Waals surface area contributed by atoms with E-state index in [4.69, 9.17) is 16.3 Å². The van der Waals surface area contributed by atoms with E-state index < -0.39 is 0 Å². The standard InChI is InChI=1S/C18H16BrClN2O2S/c1-11-9-13(20)5-7-15(11)24-8-2-3-17(23)22-18-21-14-6-4-12(19)10-16(14)25-18/h4-7,9-10H,2-3,8H2,1H3,(H,21,22,23). The fourth-order valence-corrected chi connectivity index (χ4v) is 3.98. The van der Waals surface area contributed by atoms with Gasteiger partial charge in [-0.05, 0) is 55.3 Å². The maximum absolute atomic E-state index is 12.1. The molecular weight excluding hydrogens is 424 g/mol. The molecule has 0 saturated heterocycles. The number of hydrogen-bond acceptors (Lipinski definition) is 4. The maximum Gasteiger partial charge on any atom is 0.226 e. The van der Waals surface area contributed by atoms with Crippen LogP contribution in [0.4, 0.5) is 5.13 Å². The van der Waals surface area contributed by atoms with Crippen LogP contribution < -0.4 is 10.1 Å². The quantitative estimate of drug-likeness (QED) is 0.492. The predicted octanol–water partition coefficient (Wildman–Crippen LogP) is 5.82. The van der Waals surface area contributed by atoms with E-state index in [9.17, 15) is 4.79 Å². The number of amides is 1. The van der Waals surface area contributed by atoms with Gasteiger partial charge in [0.1, 0.15) is 5.75 Å². The van der Waals surface area contributed by atoms with E-state index in [1.54, 1.807) is 6.07 Å². The van der Waals surface area contributed by atoms with Gasteiger partial charge in [-0.1, -0.05) is 38.9 Å². The minimum Gasteiger partial charge on any atom is -0.493 e. The molecular formula is C18H16BrClN2O2S. The molecule has 7 heteroatoms. The Morgan fingerprint density at radius 3 is 2.96 bits per heavy atom. The summed E-state index contributed by atoms with van der Waals surface area (Å²) in [6, 6.07) is 11.3. The maximum atomic E-state index is 12.1. The molecule has 1 aromatic heterocycles. The number of anilines is 1. The van der Waals surface area contributed by atoms with Gasteiger partial charge < -0.3 is 10.1 Å². The van der Waals surface area contributed by atoms with Crippen molar-refractivity contribution in [3.05, 3.63) is 51.5 Å². The van der Waals surface area contributed by atoms with Crippen molar-refractivity contribution in [2.75, 3.05) is 11.9 Å². The minimum atomic E-state index is -0.0606. The van der Waals surface area contributed by atoms with Crippen LogP contribution in [-0.4, -0.2) is 17.5 Å². The summed E-state index contributed by atoms with van der Waals surface area (Å²) in [6.07, 6.45) is 1.01. The van der Waals surface area contributed by atoms with Gasteiger partial charge in [-0.25, -0.2) is 4.98 Å². The first-order valence-electron chi connectivity index (χ1n) is 7.76. The molecule has 2 aromatic carbocycles. The highest BCUT2D eigenvalue weighted by atomic mass is 79.9. The van der Waals surface area contributed by atoms with Crippen molar-refractivity contribution >= 4 is 60.1 Å². The number of fused-ring (bicyclic) bond motifs is 1. The second-order valence-corrected chi connectivity index (χ2v) is 7.92. The van der Waals surface area contributed by atoms with Gasteiger partial charge in [0.2, 0.25) is 5.91 Å². The zero-order valence-electron chi connectivity index (χ0n) is 13.5. The van der Waals surface area contributed by atoms with Crippen LogP contribution in [0.5, 0.6) is 5.75 Å². The van der Waals surface area contributed by atoms with E-state index in [1.807, 2.05) is 37.3 Å². The lowest BCUT2D eigenvalue weighted by Crippen LogP contribution is -2.12. The van der Waals surface area contributed by atoms with Crippen molar-refractivity contribution in [3.63, 3.8) is 0 Å². The van der Waals surface area contributed by atoms with E-state index in [-0.39, 0.29) is 5.91 Å². The molecule has 0 unspecified atom stereocenters. The summed E-state index contributed by atoms with van der Waals surface area (Å²) in [7, 11) is 0. The Morgan fingerprint density at radius 1 is 1.32 bits per heavy atom. The van der Waals surface area contributed by atoms with E-state index in [0.717, 1.165) is 26.0 Å². The van der Waals surface area contributed by atoms with Crippen LogP contribution in [0, 0.1) is 6.92 Å². The highest BCUT2D eigenvalue weighted by Crippen LogP contribution is 2.28. The molecule has 0 aliphatic carbocycles. The Kier molecular flexibility index (Phi) is 5.93. The van der Waals surface area contributed by atoms with Gasteiger partial charge in [-0.3, -0.25) is 4.79 Å². The van der Waals surface area contributed by atoms with Gasteiger partial charge in [0, 0.05) is 15.9 Å². The lowest BCUT2D eigenvalue weighted by atomic mass is 10.2. The highest BCUT2D eigenvalue weighted by Gasteiger charge is 2.08. The summed E-state index contributed by atoms with van der Waals surface area (Å²) < 4.78 is 7.73. The highest BCUT2D eigenvalue weighted by molar-refractivity contribution is 9.10. The molecule has 4 nitrogen and oxygen atoms in total. The number of carbonyl (C=O) groups excluding carboxylic acids is 1. The van der Waals surface area contributed by atoms with Crippen LogP contribution in [0.2, 0.25) is 5.02 Å². The number of aromatic nitrogens is 1. The number of benzene rings is 2. The minimum absolute atomic E-state index is 0.0606. The summed E-state index contributed by atoms with van der Waals surface area (Å²) in [5.74, 6) is 0.733. The third-order valence-electron chi connectivity index (χ3n) is 3.54. The van der Waals surface area contributed by atoms with Gasteiger partial charge in [-0.15, -0.1) is 0 Å². The average molecular weight is 440 g/mol. The molecule has 0 spiro atoms. The lowest BCUT2D eigenvalue weighted by molar-refractivity contribution is -0.116. The van der Waals surface area contributed by atoms with E-state index >= 15 is 0 Å². The second kappa shape index (κ2) is 8.17. The van der Waals surface area contributed by atoms with E-state index in [2.05, 4.69) is 26.2 Å². The molecule has 3 rings (SSSR count). The van der Waals surface area contributed by atoms with Crippen molar-refractivity contribution in [2.24, 2.45) is 0 Å². The monoisotopic (exact) mass is 438 g/mol. The van der Waals surface area contributed by atoms with Crippen molar-refractivity contribution < 1.29 is 9.53 Å². The Bertz CT molecular complexity index is 913. The predicted molar refractivity (Wildman–Crippen MR) is 107 cm³/mol. The van der Waals surface area contributed by atoms with Crippen LogP contribution in [0.25, 0.3) is 10.2 Å². The topological polar surface area (TPSA) is 51.2 Å². The number of ether oxygens (including phenoxy) is 1. The zero-order chi connectivity index (χ0) is 17.8. The Balaban J connectivity index is 1.47. The van der Waals surface area contributed by atoms with Crippen LogP contribution >= 0.6 is 38.9 Å². The largest absolute Gasteiger partial charge is 0.493 e. The number of halogens is 2. The molecule has 25 heavy (non-hydrogen) atoms. The third kappa shape index (κ3) is 4.93. The molecule has 1 heterocycles. The molecule has 1 amide bonds. The number of hydrogen-bond donors (Lipinski definition) is 1. The summed E-state index contributed by atoms with van der Waals surface area (Å²) in [6.45, 7) is 2.42. The number of rotatable bonds is 6. The van der Waals surface area contributed by atoms with Crippen LogP contribution in [0.3, 0.4) is 0 Å². The number of thiazole rings is 1. The normalized spacial score (nSPS) is 10.8. The lowest BCUT2D eigenvalue weighted by Gasteiger charge is -2.09. The zero-order valence-corrected chi connectivity index (χ0v) is 16.7. The third-order valence-corrected chi connectivity index (χ3v) is 5.20. The van der Waals surface area contributed by atoms with Crippen LogP contribution in [-0.2, 0) is 4.79 Å². The molecule has 0 fully saturated rings. The number of carbonyl (C=O) groups is 1. The summed E-state index contributed by atoms with van der Waals surface area (Å²) >= 11 is 10.8. The molecule has 130 valence electrons. The first-order chi connectivity index (χ1) is 12.0. The van der Waals surface area contributed by atoms with Crippen molar-refractivity contribution in [1.82, 2.24) is 4.98 Å². The number of nitrogens with zero attached hydrogens (tertiary/aromatic N) is 1. The van der Waals surface area contributed by atoms with Crippen LogP contribution in [0.1, 0.15) is 18.4 Å². The first kappa shape index (κ1) is 18.2. The summed E-state index contributed by atoms with van der Waals surface area (Å²) in [4.78, 5) is 16.5. The molecule has 0 saturated carbocycles. The van der Waals surface area contributed by atoms with Crippen LogP contribution in [0.15, 0.2) is 40.9 Å². The molecule has 1 N–H and O–H groups in total. The van der Waals surface area contributed by atoms with Gasteiger partial charge in [-0.2, -0.15) is 0 Å². The summed E-state index contributed by atoms with van der Waals surface area (Å²) in [5, 5.41) is 4.15. The van der Waals surface area contributed by atoms with E-state index in [1.165, 1.54) is 11.3 Å². The molecule has 0 atom stereocenters. The van der Waals surface area contributed by atoms with Gasteiger partial charge >= 0.3 is 0 Å². The molecule has 0 aliphatic heterocycles. The molecule has 0 bridgehead atoms. The van der Waals surface area contributed by atoms with Gasteiger partial charge in [0.15, 0.2) is 5.13 Å². The molecule has 3 aromatic rings. The fourth-order valence-electron chi connectivity index (χ4n) is 2.32. The van der Waals surface area contributed by atoms with Crippen molar-refractivity contribution in [3.8, 4) is 5.75 Å². The van der Waals surface area contributed by atoms with Crippen molar-refractivity contribution in [1.29, 1.82) is 0 Å². The Morgan fingerprint density at radius 2 is 2.16 bits per heavy atom. The number of aryl methyl sites for hydroxylation is 1. The molecule has 0 radical (unpaired) electrons. The fraction of sp³-hybridized carbons (Fsp3) is 0.222. The first-order valence-corrected chi connectivity index (χ1v) is 9.75. The SMILES string of the molecule is Cc1cc(Cl)ccc1OCCCC(=O)Nc1nc2ccc(Br)cc2s1. The molecule has 0 aliphatic rings. The Hall–Kier alpha value is -1.63. The summed E-state index contributed by atoms with van der Waals surface area (Å²) in [5.41, 5.74) is 1.86. The number of nitrogens with one attached hydrogen (secondary N) is 1. The van der Waals surface area contributed by atoms with Gasteiger partial charge in [0.25, 0.3) is 0 Å². The van der Waals surface area contributed by atoms with Gasteiger partial charge in [0.05, 0.1) is 16.8 Å². The second-order valence-electron chi connectivity index (χ2n) is 5.54. The smallest absolute Gasteiger partial charge is 0.226 e. The average Bonchev–Trinajstić information content (AvgIpc) is 2.94. The van der Waals surface area contributed by atoms with Crippen molar-refractivity contribution in [2.45, 2.75) is 19.8 Å². The van der Waals surface area contributed by atoms with E-state index in [0.29, 0.717) is 29.6 Å².